The van der Waals surface area contributed by atoms with Crippen LogP contribution in [0.15, 0.2) is 0 Å². The first kappa shape index (κ1) is 11.0. The standard InChI is InChI=1S/C7H13N2O5P/c1-6-3-8(6)15(12)13-4-7(2,5-14-15)9(10)11/h6H,3-5H2,1-2H3/t6-,7?,8?,15?/m0/s1. The molecule has 0 aromatic carbocycles. The molecule has 2 saturated heterocycles. The Morgan fingerprint density at radius 3 is 2.33 bits per heavy atom. The van der Waals surface area contributed by atoms with Crippen molar-refractivity contribution in [2.24, 2.45) is 0 Å². The van der Waals surface area contributed by atoms with E-state index in [0.29, 0.717) is 6.54 Å². The first-order valence-electron chi connectivity index (χ1n) is 4.68. The molecule has 0 radical (unpaired) electrons. The molecule has 0 bridgehead atoms. The zero-order valence-electron chi connectivity index (χ0n) is 8.58. The Bertz CT molecular complexity index is 334. The molecule has 2 heterocycles. The molecule has 0 spiro atoms. The lowest BCUT2D eigenvalue weighted by Gasteiger charge is -2.30. The molecular weight excluding hydrogens is 223 g/mol. The summed E-state index contributed by atoms with van der Waals surface area (Å²) < 4.78 is 23.7. The fourth-order valence-electron chi connectivity index (χ4n) is 1.34. The highest BCUT2D eigenvalue weighted by Crippen LogP contribution is 2.60. The second kappa shape index (κ2) is 3.25. The van der Waals surface area contributed by atoms with E-state index in [9.17, 15) is 14.7 Å². The van der Waals surface area contributed by atoms with Gasteiger partial charge >= 0.3 is 7.75 Å². The van der Waals surface area contributed by atoms with Crippen LogP contribution in [0.5, 0.6) is 0 Å². The maximum atomic E-state index is 12.0. The zero-order valence-corrected chi connectivity index (χ0v) is 9.48. The summed E-state index contributed by atoms with van der Waals surface area (Å²) in [6.45, 7) is 3.64. The third-order valence-corrected chi connectivity index (χ3v) is 4.76. The highest BCUT2D eigenvalue weighted by atomic mass is 31.2. The molecule has 1 unspecified atom stereocenters. The van der Waals surface area contributed by atoms with Crippen LogP contribution in [0.1, 0.15) is 13.8 Å². The van der Waals surface area contributed by atoms with Crippen LogP contribution in [0.25, 0.3) is 0 Å². The second-order valence-corrected chi connectivity index (χ2v) is 6.21. The van der Waals surface area contributed by atoms with E-state index < -0.39 is 18.2 Å². The summed E-state index contributed by atoms with van der Waals surface area (Å²) in [5, 5.41) is 10.7. The third-order valence-electron chi connectivity index (χ3n) is 2.66. The smallest absolute Gasteiger partial charge is 0.289 e. The minimum atomic E-state index is -3.22. The number of hydrogen-bond acceptors (Lipinski definition) is 5. The van der Waals surface area contributed by atoms with Crippen molar-refractivity contribution in [1.29, 1.82) is 0 Å². The van der Waals surface area contributed by atoms with Gasteiger partial charge in [0.2, 0.25) is 0 Å². The lowest BCUT2D eigenvalue weighted by molar-refractivity contribution is -0.573. The van der Waals surface area contributed by atoms with Crippen molar-refractivity contribution >= 4 is 7.75 Å². The summed E-state index contributed by atoms with van der Waals surface area (Å²) in [6, 6.07) is 0.177. The van der Waals surface area contributed by atoms with E-state index in [1.54, 1.807) is 4.67 Å². The van der Waals surface area contributed by atoms with Gasteiger partial charge in [-0.3, -0.25) is 19.2 Å². The van der Waals surface area contributed by atoms with Crippen molar-refractivity contribution in [3.05, 3.63) is 10.1 Å². The summed E-state index contributed by atoms with van der Waals surface area (Å²) >= 11 is 0. The summed E-state index contributed by atoms with van der Waals surface area (Å²) in [5.74, 6) is 0. The Labute approximate surface area is 87.1 Å². The molecule has 0 aliphatic carbocycles. The summed E-state index contributed by atoms with van der Waals surface area (Å²) in [4.78, 5) is 10.2. The van der Waals surface area contributed by atoms with Gasteiger partial charge in [0.05, 0.1) is 0 Å². The van der Waals surface area contributed by atoms with E-state index in [0.717, 1.165) is 0 Å². The number of hydrogen-bond donors (Lipinski definition) is 0. The van der Waals surface area contributed by atoms with Gasteiger partial charge in [0, 0.05) is 24.4 Å². The van der Waals surface area contributed by atoms with Crippen molar-refractivity contribution in [3.63, 3.8) is 0 Å². The zero-order chi connectivity index (χ0) is 11.3. The SMILES string of the molecule is C[C@H]1CN1P1(=O)OCC(C)([N+](=O)[O-])CO1. The van der Waals surface area contributed by atoms with E-state index in [1.165, 1.54) is 6.92 Å². The van der Waals surface area contributed by atoms with Crippen LogP contribution in [0.3, 0.4) is 0 Å². The predicted molar refractivity (Wildman–Crippen MR) is 51.1 cm³/mol. The van der Waals surface area contributed by atoms with Crippen LogP contribution in [-0.4, -0.2) is 40.9 Å². The van der Waals surface area contributed by atoms with E-state index in [1.807, 2.05) is 6.92 Å². The van der Waals surface area contributed by atoms with Gasteiger partial charge in [-0.25, -0.2) is 9.24 Å². The van der Waals surface area contributed by atoms with Gasteiger partial charge in [0.1, 0.15) is 13.2 Å². The second-order valence-electron chi connectivity index (χ2n) is 4.24. The average molecular weight is 236 g/mol. The fourth-order valence-corrected chi connectivity index (χ4v) is 3.51. The van der Waals surface area contributed by atoms with Crippen LogP contribution in [0.4, 0.5) is 0 Å². The van der Waals surface area contributed by atoms with E-state index in [-0.39, 0.29) is 19.3 Å². The van der Waals surface area contributed by atoms with Gasteiger partial charge in [0.25, 0.3) is 5.54 Å². The molecule has 0 saturated carbocycles. The first-order chi connectivity index (χ1) is 6.87. The topological polar surface area (TPSA) is 81.7 Å². The molecule has 2 atom stereocenters. The number of nitro groups is 1. The molecule has 2 aliphatic heterocycles. The van der Waals surface area contributed by atoms with Crippen molar-refractivity contribution < 1.29 is 18.5 Å². The van der Waals surface area contributed by atoms with Gasteiger partial charge in [-0.15, -0.1) is 0 Å². The van der Waals surface area contributed by atoms with Crippen LogP contribution < -0.4 is 0 Å². The van der Waals surface area contributed by atoms with Crippen molar-refractivity contribution in [2.75, 3.05) is 19.8 Å². The summed E-state index contributed by atoms with van der Waals surface area (Å²) in [5.41, 5.74) is -1.28. The molecule has 15 heavy (non-hydrogen) atoms. The fraction of sp³-hybridized carbons (Fsp3) is 1.00. The van der Waals surface area contributed by atoms with Crippen LogP contribution in [0, 0.1) is 10.1 Å². The quantitative estimate of drug-likeness (QED) is 0.306. The minimum Gasteiger partial charge on any atom is -0.289 e. The van der Waals surface area contributed by atoms with E-state index in [2.05, 4.69) is 0 Å². The van der Waals surface area contributed by atoms with E-state index in [4.69, 9.17) is 9.05 Å². The monoisotopic (exact) mass is 236 g/mol. The highest BCUT2D eigenvalue weighted by Gasteiger charge is 2.55. The summed E-state index contributed by atoms with van der Waals surface area (Å²) in [7, 11) is -3.22. The largest absolute Gasteiger partial charge is 0.409 e. The Hall–Kier alpha value is -0.490. The highest BCUT2D eigenvalue weighted by molar-refractivity contribution is 7.51. The van der Waals surface area contributed by atoms with Gasteiger partial charge in [-0.05, 0) is 6.92 Å². The molecule has 0 aromatic heterocycles. The summed E-state index contributed by atoms with van der Waals surface area (Å²) in [6.07, 6.45) is 0. The van der Waals surface area contributed by atoms with Crippen molar-refractivity contribution in [2.45, 2.75) is 25.4 Å². The Morgan fingerprint density at radius 1 is 1.53 bits per heavy atom. The molecule has 0 aromatic rings. The van der Waals surface area contributed by atoms with Crippen LogP contribution in [-0.2, 0) is 13.6 Å². The lowest BCUT2D eigenvalue weighted by atomic mass is 10.1. The molecule has 0 N–H and O–H groups in total. The first-order valence-corrected chi connectivity index (χ1v) is 6.18. The molecule has 0 amide bonds. The van der Waals surface area contributed by atoms with Crippen LogP contribution >= 0.6 is 7.75 Å². The average Bonchev–Trinajstić information content (AvgIpc) is 2.89. The Balaban J connectivity index is 2.03. The third kappa shape index (κ3) is 1.80. The van der Waals surface area contributed by atoms with Crippen molar-refractivity contribution in [1.82, 2.24) is 4.67 Å². The molecule has 2 rings (SSSR count). The molecule has 2 aliphatic rings. The maximum Gasteiger partial charge on any atom is 0.409 e. The van der Waals surface area contributed by atoms with Gasteiger partial charge in [0.15, 0.2) is 0 Å². The molecule has 86 valence electrons. The Kier molecular flexibility index (Phi) is 2.38. The van der Waals surface area contributed by atoms with Crippen LogP contribution in [0.2, 0.25) is 0 Å². The number of rotatable bonds is 2. The normalized spacial score (nSPS) is 50.0. The molecule has 2 fully saturated rings. The molecular formula is C7H13N2O5P. The molecule has 7 nitrogen and oxygen atoms in total. The van der Waals surface area contributed by atoms with Gasteiger partial charge < -0.3 is 0 Å². The molecule has 8 heteroatoms. The van der Waals surface area contributed by atoms with Gasteiger partial charge in [-0.1, -0.05) is 0 Å². The number of nitrogens with zero attached hydrogens (tertiary/aromatic N) is 2. The van der Waals surface area contributed by atoms with E-state index >= 15 is 0 Å². The van der Waals surface area contributed by atoms with Gasteiger partial charge in [-0.2, -0.15) is 0 Å². The lowest BCUT2D eigenvalue weighted by Crippen LogP contribution is -2.47. The maximum absolute atomic E-state index is 12.0. The minimum absolute atomic E-state index is 0.166. The predicted octanol–water partition coefficient (Wildman–Crippen LogP) is 0.881. The van der Waals surface area contributed by atoms with Crippen molar-refractivity contribution in [3.8, 4) is 0 Å². The Morgan fingerprint density at radius 2 is 2.00 bits per heavy atom.